The molecule has 0 aliphatic heterocycles. The van der Waals surface area contributed by atoms with Crippen molar-refractivity contribution in [2.75, 3.05) is 6.61 Å². The van der Waals surface area contributed by atoms with E-state index >= 15 is 0 Å². The van der Waals surface area contributed by atoms with Crippen LogP contribution in [0.1, 0.15) is 297 Å². The van der Waals surface area contributed by atoms with Crippen LogP contribution in [0.5, 0.6) is 0 Å². The predicted octanol–water partition coefficient (Wildman–Crippen LogP) is 18.4. The van der Waals surface area contributed by atoms with Crippen LogP contribution in [-0.2, 0) is 19.1 Å². The Morgan fingerprint density at radius 2 is 0.638 bits per heavy atom. The van der Waals surface area contributed by atoms with E-state index in [-0.39, 0.29) is 18.0 Å². The average Bonchev–Trinajstić information content (AvgIpc) is 3.22. The van der Waals surface area contributed by atoms with E-state index in [1.807, 2.05) is 0 Å². The molecule has 0 aromatic carbocycles. The quantitative estimate of drug-likeness (QED) is 0.0349. The lowest BCUT2D eigenvalue weighted by molar-refractivity contribution is -0.150. The second-order valence-electron chi connectivity index (χ2n) is 17.8. The number of carbonyl (C=O) groups excluding carboxylic acids is 2. The summed E-state index contributed by atoms with van der Waals surface area (Å²) in [6.07, 6.45) is 61.7. The van der Waals surface area contributed by atoms with Gasteiger partial charge in [-0.2, -0.15) is 0 Å². The van der Waals surface area contributed by atoms with E-state index in [9.17, 15) is 9.59 Å². The second-order valence-corrected chi connectivity index (χ2v) is 17.8. The van der Waals surface area contributed by atoms with Gasteiger partial charge in [-0.3, -0.25) is 9.59 Å². The van der Waals surface area contributed by atoms with Crippen LogP contribution < -0.4 is 0 Å². The van der Waals surface area contributed by atoms with Crippen molar-refractivity contribution in [2.24, 2.45) is 0 Å². The molecule has 0 saturated carbocycles. The third-order valence-corrected chi connectivity index (χ3v) is 11.9. The van der Waals surface area contributed by atoms with Gasteiger partial charge < -0.3 is 9.47 Å². The van der Waals surface area contributed by atoms with Crippen molar-refractivity contribution in [3.05, 3.63) is 24.3 Å². The number of ether oxygens (including phenoxy) is 2. The van der Waals surface area contributed by atoms with Gasteiger partial charge in [0.05, 0.1) is 6.61 Å². The summed E-state index contributed by atoms with van der Waals surface area (Å²) in [6, 6.07) is 0. The number of carbonyl (C=O) groups is 2. The van der Waals surface area contributed by atoms with Crippen molar-refractivity contribution in [1.82, 2.24) is 0 Å². The van der Waals surface area contributed by atoms with Crippen LogP contribution in [0.2, 0.25) is 0 Å². The summed E-state index contributed by atoms with van der Waals surface area (Å²) >= 11 is 0. The summed E-state index contributed by atoms with van der Waals surface area (Å²) in [7, 11) is 0. The van der Waals surface area contributed by atoms with Gasteiger partial charge in [-0.1, -0.05) is 212 Å². The molecule has 4 nitrogen and oxygen atoms in total. The first kappa shape index (κ1) is 56.4. The molecular weight excluding hydrogens is 713 g/mol. The lowest BCUT2D eigenvalue weighted by Crippen LogP contribution is -2.18. The van der Waals surface area contributed by atoms with Crippen molar-refractivity contribution >= 4 is 11.9 Å². The van der Waals surface area contributed by atoms with Gasteiger partial charge in [-0.25, -0.2) is 0 Å². The maximum atomic E-state index is 12.8. The summed E-state index contributed by atoms with van der Waals surface area (Å²) < 4.78 is 11.6. The second kappa shape index (κ2) is 49.8. The topological polar surface area (TPSA) is 52.6 Å². The fourth-order valence-electron chi connectivity index (χ4n) is 7.96. The predicted molar refractivity (Wildman–Crippen MR) is 255 cm³/mol. The van der Waals surface area contributed by atoms with Crippen LogP contribution >= 0.6 is 0 Å². The molecule has 0 bridgehead atoms. The van der Waals surface area contributed by atoms with Crippen molar-refractivity contribution in [2.45, 2.75) is 303 Å². The standard InChI is InChI=1S/C54H102O4/c1-4-7-10-13-16-18-20-22-24-26-28-30-32-35-41-46-51-57-53(55)49-44-40-36-38-43-48-52(47-42-37-33-15-12-9-6-3)58-54(56)50-45-39-34-31-29-27-25-23-21-19-17-14-11-8-5-2/h22-25,52H,4-21,26-51H2,1-3H3/b24-22-,25-23-. The normalized spacial score (nSPS) is 12.3. The van der Waals surface area contributed by atoms with Crippen LogP contribution in [0.25, 0.3) is 0 Å². The summed E-state index contributed by atoms with van der Waals surface area (Å²) in [4.78, 5) is 25.0. The van der Waals surface area contributed by atoms with E-state index in [4.69, 9.17) is 9.47 Å². The van der Waals surface area contributed by atoms with Crippen LogP contribution in [0.4, 0.5) is 0 Å². The van der Waals surface area contributed by atoms with Gasteiger partial charge in [0, 0.05) is 12.8 Å². The Hall–Kier alpha value is -1.58. The van der Waals surface area contributed by atoms with E-state index in [1.165, 1.54) is 186 Å². The Bertz CT molecular complexity index is 878. The van der Waals surface area contributed by atoms with Gasteiger partial charge in [0.15, 0.2) is 0 Å². The first-order chi connectivity index (χ1) is 28.6. The Kier molecular flexibility index (Phi) is 48.4. The summed E-state index contributed by atoms with van der Waals surface area (Å²) in [5.41, 5.74) is 0. The van der Waals surface area contributed by atoms with E-state index in [0.29, 0.717) is 19.4 Å². The maximum absolute atomic E-state index is 12.8. The average molecular weight is 815 g/mol. The van der Waals surface area contributed by atoms with E-state index < -0.39 is 0 Å². The lowest BCUT2D eigenvalue weighted by atomic mass is 10.0. The highest BCUT2D eigenvalue weighted by Crippen LogP contribution is 2.19. The molecule has 0 N–H and O–H groups in total. The molecule has 0 spiro atoms. The maximum Gasteiger partial charge on any atom is 0.306 e. The van der Waals surface area contributed by atoms with E-state index in [1.54, 1.807) is 0 Å². The summed E-state index contributed by atoms with van der Waals surface area (Å²) in [5, 5.41) is 0. The Morgan fingerprint density at radius 3 is 1.02 bits per heavy atom. The third kappa shape index (κ3) is 47.1. The molecular formula is C54H102O4. The first-order valence-corrected chi connectivity index (χ1v) is 26.3. The molecule has 1 atom stereocenters. The van der Waals surface area contributed by atoms with Crippen LogP contribution in [0.15, 0.2) is 24.3 Å². The molecule has 0 aliphatic rings. The largest absolute Gasteiger partial charge is 0.466 e. The molecule has 0 radical (unpaired) electrons. The molecule has 0 aliphatic carbocycles. The smallest absolute Gasteiger partial charge is 0.306 e. The third-order valence-electron chi connectivity index (χ3n) is 11.9. The van der Waals surface area contributed by atoms with Gasteiger partial charge in [0.1, 0.15) is 6.10 Å². The number of esters is 2. The first-order valence-electron chi connectivity index (χ1n) is 26.3. The SMILES string of the molecule is CCCCCCCC/C=C\CCCCCCCCOC(=O)CCCCCCCC(CCCCCCCCC)OC(=O)CCCCCCC/C=C\CCCCCCCC. The van der Waals surface area contributed by atoms with Gasteiger partial charge in [-0.05, 0) is 96.3 Å². The van der Waals surface area contributed by atoms with Gasteiger partial charge in [0.2, 0.25) is 0 Å². The molecule has 0 aromatic heterocycles. The monoisotopic (exact) mass is 815 g/mol. The Labute approximate surface area is 363 Å². The van der Waals surface area contributed by atoms with Gasteiger partial charge in [0.25, 0.3) is 0 Å². The molecule has 0 aromatic rings. The summed E-state index contributed by atoms with van der Waals surface area (Å²) in [5.74, 6) is -0.0120. The minimum absolute atomic E-state index is 0.0151. The fourth-order valence-corrected chi connectivity index (χ4v) is 7.96. The molecule has 0 rings (SSSR count). The molecule has 342 valence electrons. The van der Waals surface area contributed by atoms with Crippen molar-refractivity contribution in [1.29, 1.82) is 0 Å². The zero-order valence-electron chi connectivity index (χ0n) is 39.6. The molecule has 0 amide bonds. The van der Waals surface area contributed by atoms with Crippen LogP contribution in [-0.4, -0.2) is 24.6 Å². The number of rotatable bonds is 48. The van der Waals surface area contributed by atoms with Crippen molar-refractivity contribution in [3.63, 3.8) is 0 Å². The molecule has 58 heavy (non-hydrogen) atoms. The number of hydrogen-bond donors (Lipinski definition) is 0. The van der Waals surface area contributed by atoms with Crippen molar-refractivity contribution in [3.8, 4) is 0 Å². The highest BCUT2D eigenvalue weighted by Gasteiger charge is 2.14. The van der Waals surface area contributed by atoms with Crippen LogP contribution in [0.3, 0.4) is 0 Å². The zero-order chi connectivity index (χ0) is 42.1. The lowest BCUT2D eigenvalue weighted by Gasteiger charge is -2.18. The molecule has 0 fully saturated rings. The molecule has 0 heterocycles. The fraction of sp³-hybridized carbons (Fsp3) is 0.889. The molecule has 1 unspecified atom stereocenters. The zero-order valence-corrected chi connectivity index (χ0v) is 39.6. The number of allylic oxidation sites excluding steroid dienone is 4. The van der Waals surface area contributed by atoms with Crippen LogP contribution in [0, 0.1) is 0 Å². The Balaban J connectivity index is 3.93. The highest BCUT2D eigenvalue weighted by atomic mass is 16.5. The van der Waals surface area contributed by atoms with E-state index in [0.717, 1.165) is 77.0 Å². The molecule has 0 saturated heterocycles. The van der Waals surface area contributed by atoms with Gasteiger partial charge >= 0.3 is 11.9 Å². The minimum atomic E-state index is -0.0272. The number of unbranched alkanes of at least 4 members (excludes halogenated alkanes) is 33. The minimum Gasteiger partial charge on any atom is -0.466 e. The number of hydrogen-bond acceptors (Lipinski definition) is 4. The molecule has 4 heteroatoms. The highest BCUT2D eigenvalue weighted by molar-refractivity contribution is 5.69. The van der Waals surface area contributed by atoms with Crippen molar-refractivity contribution < 1.29 is 19.1 Å². The van der Waals surface area contributed by atoms with E-state index in [2.05, 4.69) is 45.1 Å². The Morgan fingerprint density at radius 1 is 0.345 bits per heavy atom. The summed E-state index contributed by atoms with van der Waals surface area (Å²) in [6.45, 7) is 7.41. The van der Waals surface area contributed by atoms with Gasteiger partial charge in [-0.15, -0.1) is 0 Å².